The van der Waals surface area contributed by atoms with Gasteiger partial charge in [0.25, 0.3) is 0 Å². The standard InChI is InChI=1S/C20H20Cl2N4OS/c1-4-26-19(14-7-5-12(2)16(21)9-14)24-25-20(26)28-11-18(27)23-15-8-6-13(3)17(22)10-15/h5-10H,4,11H2,1-3H3,(H,23,27). The molecule has 0 saturated carbocycles. The molecule has 3 aromatic rings. The molecule has 0 radical (unpaired) electrons. The number of hydrogen-bond donors (Lipinski definition) is 1. The van der Waals surface area contributed by atoms with Crippen molar-refractivity contribution in [1.82, 2.24) is 14.8 Å². The van der Waals surface area contributed by atoms with E-state index in [1.54, 1.807) is 6.07 Å². The fourth-order valence-electron chi connectivity index (χ4n) is 2.62. The molecular formula is C20H20Cl2N4OS. The number of nitrogens with one attached hydrogen (secondary N) is 1. The maximum atomic E-state index is 12.3. The van der Waals surface area contributed by atoms with E-state index < -0.39 is 0 Å². The van der Waals surface area contributed by atoms with Crippen LogP contribution < -0.4 is 5.32 Å². The van der Waals surface area contributed by atoms with Gasteiger partial charge in [-0.05, 0) is 50.1 Å². The van der Waals surface area contributed by atoms with Gasteiger partial charge in [-0.25, -0.2) is 0 Å². The fraction of sp³-hybridized carbons (Fsp3) is 0.250. The molecule has 2 aromatic carbocycles. The first-order chi connectivity index (χ1) is 13.4. The number of carbonyl (C=O) groups excluding carboxylic acids is 1. The molecule has 146 valence electrons. The van der Waals surface area contributed by atoms with Crippen molar-refractivity contribution in [2.24, 2.45) is 0 Å². The van der Waals surface area contributed by atoms with Gasteiger partial charge in [0.2, 0.25) is 5.91 Å². The molecule has 0 aliphatic rings. The van der Waals surface area contributed by atoms with Crippen molar-refractivity contribution >= 4 is 46.6 Å². The predicted molar refractivity (Wildman–Crippen MR) is 116 cm³/mol. The van der Waals surface area contributed by atoms with E-state index in [0.717, 1.165) is 22.5 Å². The number of aromatic nitrogens is 3. The number of halogens is 2. The average Bonchev–Trinajstić information content (AvgIpc) is 3.08. The normalized spacial score (nSPS) is 10.9. The molecule has 8 heteroatoms. The topological polar surface area (TPSA) is 59.8 Å². The van der Waals surface area contributed by atoms with E-state index in [9.17, 15) is 4.79 Å². The molecule has 1 N–H and O–H groups in total. The van der Waals surface area contributed by atoms with E-state index in [1.807, 2.05) is 55.7 Å². The van der Waals surface area contributed by atoms with E-state index >= 15 is 0 Å². The molecule has 0 bridgehead atoms. The summed E-state index contributed by atoms with van der Waals surface area (Å²) in [6.45, 7) is 6.57. The molecule has 0 fully saturated rings. The van der Waals surface area contributed by atoms with Crippen LogP contribution in [-0.2, 0) is 11.3 Å². The molecule has 0 atom stereocenters. The third kappa shape index (κ3) is 4.69. The van der Waals surface area contributed by atoms with E-state index in [2.05, 4.69) is 15.5 Å². The third-order valence-corrected chi connectivity index (χ3v) is 6.03. The Labute approximate surface area is 178 Å². The number of carbonyl (C=O) groups is 1. The minimum atomic E-state index is -0.129. The Hall–Kier alpha value is -2.02. The first-order valence-electron chi connectivity index (χ1n) is 8.77. The lowest BCUT2D eigenvalue weighted by Gasteiger charge is -2.09. The van der Waals surface area contributed by atoms with Crippen molar-refractivity contribution < 1.29 is 4.79 Å². The summed E-state index contributed by atoms with van der Waals surface area (Å²) < 4.78 is 1.97. The summed E-state index contributed by atoms with van der Waals surface area (Å²) in [7, 11) is 0. The van der Waals surface area contributed by atoms with Crippen molar-refractivity contribution in [3.8, 4) is 11.4 Å². The smallest absolute Gasteiger partial charge is 0.234 e. The highest BCUT2D eigenvalue weighted by Crippen LogP contribution is 2.27. The molecule has 1 heterocycles. The molecule has 0 unspecified atom stereocenters. The van der Waals surface area contributed by atoms with Crippen LogP contribution in [0.1, 0.15) is 18.1 Å². The van der Waals surface area contributed by atoms with Gasteiger partial charge in [0.05, 0.1) is 5.75 Å². The van der Waals surface area contributed by atoms with Crippen LogP contribution in [0.3, 0.4) is 0 Å². The fourth-order valence-corrected chi connectivity index (χ4v) is 3.79. The van der Waals surface area contributed by atoms with Crippen LogP contribution in [0.4, 0.5) is 5.69 Å². The third-order valence-electron chi connectivity index (χ3n) is 4.25. The largest absolute Gasteiger partial charge is 0.325 e. The SMILES string of the molecule is CCn1c(SCC(=O)Nc2ccc(C)c(Cl)c2)nnc1-c1ccc(C)c(Cl)c1. The number of aryl methyl sites for hydroxylation is 2. The van der Waals surface area contributed by atoms with E-state index in [4.69, 9.17) is 23.2 Å². The second-order valence-corrected chi connectivity index (χ2v) is 8.07. The molecule has 3 rings (SSSR count). The van der Waals surface area contributed by atoms with Crippen molar-refractivity contribution in [1.29, 1.82) is 0 Å². The zero-order chi connectivity index (χ0) is 20.3. The Morgan fingerprint density at radius 1 is 1.07 bits per heavy atom. The number of thioether (sulfide) groups is 1. The summed E-state index contributed by atoms with van der Waals surface area (Å²) in [6, 6.07) is 11.3. The molecule has 0 aliphatic heterocycles. The van der Waals surface area contributed by atoms with Gasteiger partial charge in [-0.3, -0.25) is 4.79 Å². The van der Waals surface area contributed by atoms with Gasteiger partial charge in [-0.2, -0.15) is 0 Å². The van der Waals surface area contributed by atoms with Gasteiger partial charge in [-0.15, -0.1) is 10.2 Å². The Morgan fingerprint density at radius 2 is 1.75 bits per heavy atom. The molecular weight excluding hydrogens is 415 g/mol. The number of nitrogens with zero attached hydrogens (tertiary/aromatic N) is 3. The van der Waals surface area contributed by atoms with Crippen molar-refractivity contribution in [3.05, 3.63) is 57.6 Å². The lowest BCUT2D eigenvalue weighted by molar-refractivity contribution is -0.113. The molecule has 0 spiro atoms. The van der Waals surface area contributed by atoms with Gasteiger partial charge < -0.3 is 9.88 Å². The lowest BCUT2D eigenvalue weighted by atomic mass is 10.1. The van der Waals surface area contributed by atoms with Crippen molar-refractivity contribution in [2.75, 3.05) is 11.1 Å². The Kier molecular flexibility index (Phi) is 6.65. The Morgan fingerprint density at radius 3 is 2.39 bits per heavy atom. The number of anilines is 1. The Bertz CT molecular complexity index is 1020. The van der Waals surface area contributed by atoms with Crippen molar-refractivity contribution in [2.45, 2.75) is 32.5 Å². The van der Waals surface area contributed by atoms with Crippen LogP contribution in [0.25, 0.3) is 11.4 Å². The molecule has 5 nitrogen and oxygen atoms in total. The maximum absolute atomic E-state index is 12.3. The van der Waals surface area contributed by atoms with Crippen LogP contribution in [0, 0.1) is 13.8 Å². The summed E-state index contributed by atoms with van der Waals surface area (Å²) in [5.74, 6) is 0.825. The average molecular weight is 435 g/mol. The summed E-state index contributed by atoms with van der Waals surface area (Å²) in [6.07, 6.45) is 0. The lowest BCUT2D eigenvalue weighted by Crippen LogP contribution is -2.14. The summed E-state index contributed by atoms with van der Waals surface area (Å²) >= 11 is 13.7. The minimum absolute atomic E-state index is 0.129. The van der Waals surface area contributed by atoms with Gasteiger partial charge in [0.1, 0.15) is 0 Å². The van der Waals surface area contributed by atoms with Crippen LogP contribution >= 0.6 is 35.0 Å². The van der Waals surface area contributed by atoms with Crippen LogP contribution in [-0.4, -0.2) is 26.4 Å². The van der Waals surface area contributed by atoms with E-state index in [-0.39, 0.29) is 11.7 Å². The monoisotopic (exact) mass is 434 g/mol. The van der Waals surface area contributed by atoms with Crippen LogP contribution in [0.15, 0.2) is 41.6 Å². The van der Waals surface area contributed by atoms with Crippen LogP contribution in [0.5, 0.6) is 0 Å². The zero-order valence-electron chi connectivity index (χ0n) is 15.8. The minimum Gasteiger partial charge on any atom is -0.325 e. The number of amides is 1. The van der Waals surface area contributed by atoms with Crippen LogP contribution in [0.2, 0.25) is 10.0 Å². The van der Waals surface area contributed by atoms with Gasteiger partial charge in [0.15, 0.2) is 11.0 Å². The zero-order valence-corrected chi connectivity index (χ0v) is 18.1. The number of hydrogen-bond acceptors (Lipinski definition) is 4. The molecule has 0 aliphatic carbocycles. The van der Waals surface area contributed by atoms with Gasteiger partial charge >= 0.3 is 0 Å². The summed E-state index contributed by atoms with van der Waals surface area (Å²) in [5.41, 5.74) is 3.55. The quantitative estimate of drug-likeness (QED) is 0.511. The van der Waals surface area contributed by atoms with Gasteiger partial charge in [-0.1, -0.05) is 53.2 Å². The second-order valence-electron chi connectivity index (χ2n) is 6.32. The predicted octanol–water partition coefficient (Wildman–Crippen LogP) is 5.62. The molecule has 1 aromatic heterocycles. The van der Waals surface area contributed by atoms with Crippen molar-refractivity contribution in [3.63, 3.8) is 0 Å². The molecule has 0 saturated heterocycles. The van der Waals surface area contributed by atoms with E-state index in [1.165, 1.54) is 11.8 Å². The summed E-state index contributed by atoms with van der Waals surface area (Å²) in [5, 5.41) is 13.4. The highest BCUT2D eigenvalue weighted by Gasteiger charge is 2.15. The summed E-state index contributed by atoms with van der Waals surface area (Å²) in [4.78, 5) is 12.3. The Balaban J connectivity index is 1.70. The first-order valence-corrected chi connectivity index (χ1v) is 10.5. The first kappa shape index (κ1) is 20.7. The maximum Gasteiger partial charge on any atom is 0.234 e. The van der Waals surface area contributed by atoms with E-state index in [0.29, 0.717) is 27.4 Å². The molecule has 1 amide bonds. The highest BCUT2D eigenvalue weighted by molar-refractivity contribution is 7.99. The molecule has 28 heavy (non-hydrogen) atoms. The second kappa shape index (κ2) is 8.99. The number of rotatable bonds is 6. The highest BCUT2D eigenvalue weighted by atomic mass is 35.5. The number of benzene rings is 2. The van der Waals surface area contributed by atoms with Gasteiger partial charge in [0, 0.05) is 27.8 Å².